The number of fused-ring (bicyclic) bond motifs is 1. The van der Waals surface area contributed by atoms with Crippen LogP contribution in [0.4, 0.5) is 0 Å². The Morgan fingerprint density at radius 1 is 1.35 bits per heavy atom. The normalized spacial score (nSPS) is 25.2. The Hall–Kier alpha value is -1.35. The average molecular weight is 229 g/mol. The Bertz CT molecular complexity index is 476. The minimum Gasteiger partial charge on any atom is -0.342 e. The van der Waals surface area contributed by atoms with Gasteiger partial charge in [-0.05, 0) is 36.9 Å². The number of para-hydroxylation sites is 2. The van der Waals surface area contributed by atoms with Gasteiger partial charge < -0.3 is 10.3 Å². The fraction of sp³-hybridized carbons (Fsp3) is 0.500. The summed E-state index contributed by atoms with van der Waals surface area (Å²) < 4.78 is 0. The van der Waals surface area contributed by atoms with Crippen molar-refractivity contribution in [2.75, 3.05) is 13.1 Å². The Morgan fingerprint density at radius 2 is 2.24 bits per heavy atom. The van der Waals surface area contributed by atoms with Gasteiger partial charge in [-0.25, -0.2) is 4.98 Å². The third-order valence-corrected chi connectivity index (χ3v) is 3.72. The van der Waals surface area contributed by atoms with E-state index in [0.29, 0.717) is 5.41 Å². The number of hydrogen-bond acceptors (Lipinski definition) is 2. The van der Waals surface area contributed by atoms with Crippen LogP contribution in [0.1, 0.15) is 25.6 Å². The zero-order valence-electron chi connectivity index (χ0n) is 10.3. The molecule has 2 heterocycles. The van der Waals surface area contributed by atoms with Gasteiger partial charge in [0.25, 0.3) is 0 Å². The Balaban J connectivity index is 1.84. The SMILES string of the molecule is C[C@@]1(Cc2nc3ccccc3[nH]2)CCCNC1. The summed E-state index contributed by atoms with van der Waals surface area (Å²) in [6.45, 7) is 4.62. The summed E-state index contributed by atoms with van der Waals surface area (Å²) in [6.07, 6.45) is 3.60. The van der Waals surface area contributed by atoms with Gasteiger partial charge in [-0.3, -0.25) is 0 Å². The predicted octanol–water partition coefficient (Wildman–Crippen LogP) is 2.50. The molecule has 0 unspecified atom stereocenters. The lowest BCUT2D eigenvalue weighted by Crippen LogP contribution is -2.39. The highest BCUT2D eigenvalue weighted by atomic mass is 14.9. The molecule has 0 amide bonds. The number of imidazole rings is 1. The third-order valence-electron chi connectivity index (χ3n) is 3.72. The van der Waals surface area contributed by atoms with E-state index in [1.54, 1.807) is 0 Å². The predicted molar refractivity (Wildman–Crippen MR) is 70.0 cm³/mol. The summed E-state index contributed by atoms with van der Waals surface area (Å²) in [4.78, 5) is 8.10. The van der Waals surface area contributed by atoms with E-state index in [-0.39, 0.29) is 0 Å². The van der Waals surface area contributed by atoms with Gasteiger partial charge in [0.2, 0.25) is 0 Å². The first-order valence-corrected chi connectivity index (χ1v) is 6.40. The van der Waals surface area contributed by atoms with Crippen molar-refractivity contribution in [1.82, 2.24) is 15.3 Å². The van der Waals surface area contributed by atoms with E-state index in [0.717, 1.165) is 36.4 Å². The highest BCUT2D eigenvalue weighted by Gasteiger charge is 2.28. The van der Waals surface area contributed by atoms with Gasteiger partial charge in [-0.2, -0.15) is 0 Å². The summed E-state index contributed by atoms with van der Waals surface area (Å²) in [5.41, 5.74) is 2.58. The van der Waals surface area contributed by atoms with Crippen LogP contribution in [0.5, 0.6) is 0 Å². The number of hydrogen-bond donors (Lipinski definition) is 2. The highest BCUT2D eigenvalue weighted by Crippen LogP contribution is 2.29. The Kier molecular flexibility index (Phi) is 2.63. The van der Waals surface area contributed by atoms with Gasteiger partial charge in [-0.15, -0.1) is 0 Å². The van der Waals surface area contributed by atoms with Crippen molar-refractivity contribution in [3.8, 4) is 0 Å². The van der Waals surface area contributed by atoms with Gasteiger partial charge in [0.1, 0.15) is 5.82 Å². The molecule has 17 heavy (non-hydrogen) atoms. The minimum atomic E-state index is 0.353. The molecule has 0 spiro atoms. The number of piperidine rings is 1. The van der Waals surface area contributed by atoms with Crippen LogP contribution in [0.15, 0.2) is 24.3 Å². The first kappa shape index (κ1) is 10.8. The quantitative estimate of drug-likeness (QED) is 0.830. The van der Waals surface area contributed by atoms with E-state index in [1.807, 2.05) is 12.1 Å². The largest absolute Gasteiger partial charge is 0.342 e. The molecule has 3 nitrogen and oxygen atoms in total. The van der Waals surface area contributed by atoms with Crippen LogP contribution in [-0.4, -0.2) is 23.1 Å². The second kappa shape index (κ2) is 4.15. The van der Waals surface area contributed by atoms with E-state index in [1.165, 1.54) is 12.8 Å². The molecule has 1 aliphatic heterocycles. The molecule has 0 aliphatic carbocycles. The number of rotatable bonds is 2. The zero-order valence-corrected chi connectivity index (χ0v) is 10.3. The lowest BCUT2D eigenvalue weighted by atomic mass is 9.80. The number of H-pyrrole nitrogens is 1. The monoisotopic (exact) mass is 229 g/mol. The van der Waals surface area contributed by atoms with Crippen LogP contribution in [0.2, 0.25) is 0 Å². The first-order chi connectivity index (χ1) is 8.25. The van der Waals surface area contributed by atoms with Gasteiger partial charge in [0, 0.05) is 13.0 Å². The zero-order chi connectivity index (χ0) is 11.7. The maximum atomic E-state index is 4.67. The first-order valence-electron chi connectivity index (χ1n) is 6.40. The molecule has 90 valence electrons. The number of nitrogens with one attached hydrogen (secondary N) is 2. The second-order valence-electron chi connectivity index (χ2n) is 5.47. The van der Waals surface area contributed by atoms with Gasteiger partial charge in [0.05, 0.1) is 11.0 Å². The van der Waals surface area contributed by atoms with Gasteiger partial charge in [-0.1, -0.05) is 19.1 Å². The van der Waals surface area contributed by atoms with E-state index in [4.69, 9.17) is 0 Å². The molecule has 3 heteroatoms. The van der Waals surface area contributed by atoms with Crippen molar-refractivity contribution in [1.29, 1.82) is 0 Å². The molecule has 1 atom stereocenters. The topological polar surface area (TPSA) is 40.7 Å². The fourth-order valence-corrected chi connectivity index (χ4v) is 2.76. The molecule has 1 aromatic carbocycles. The molecule has 0 saturated carbocycles. The highest BCUT2D eigenvalue weighted by molar-refractivity contribution is 5.74. The fourth-order valence-electron chi connectivity index (χ4n) is 2.76. The van der Waals surface area contributed by atoms with Crippen LogP contribution in [0.3, 0.4) is 0 Å². The average Bonchev–Trinajstić information content (AvgIpc) is 2.71. The molecule has 1 saturated heterocycles. The summed E-state index contributed by atoms with van der Waals surface area (Å²) in [6, 6.07) is 8.25. The van der Waals surface area contributed by atoms with E-state index in [2.05, 4.69) is 34.3 Å². The molecular weight excluding hydrogens is 210 g/mol. The maximum absolute atomic E-state index is 4.67. The van der Waals surface area contributed by atoms with Crippen molar-refractivity contribution in [2.45, 2.75) is 26.2 Å². The smallest absolute Gasteiger partial charge is 0.107 e. The lowest BCUT2D eigenvalue weighted by molar-refractivity contribution is 0.231. The van der Waals surface area contributed by atoms with Crippen LogP contribution < -0.4 is 5.32 Å². The van der Waals surface area contributed by atoms with Crippen molar-refractivity contribution in [3.05, 3.63) is 30.1 Å². The maximum Gasteiger partial charge on any atom is 0.107 e. The summed E-state index contributed by atoms with van der Waals surface area (Å²) in [7, 11) is 0. The molecule has 2 aromatic rings. The molecule has 2 N–H and O–H groups in total. The molecular formula is C14H19N3. The van der Waals surface area contributed by atoms with Crippen molar-refractivity contribution < 1.29 is 0 Å². The number of aromatic nitrogens is 2. The van der Waals surface area contributed by atoms with Crippen LogP contribution in [0, 0.1) is 5.41 Å². The van der Waals surface area contributed by atoms with E-state index >= 15 is 0 Å². The molecule has 1 aliphatic rings. The summed E-state index contributed by atoms with van der Waals surface area (Å²) in [5, 5.41) is 3.49. The number of aromatic amines is 1. The van der Waals surface area contributed by atoms with E-state index in [9.17, 15) is 0 Å². The summed E-state index contributed by atoms with van der Waals surface area (Å²) in [5.74, 6) is 1.12. The molecule has 0 radical (unpaired) electrons. The van der Waals surface area contributed by atoms with Crippen LogP contribution in [-0.2, 0) is 6.42 Å². The van der Waals surface area contributed by atoms with Crippen LogP contribution in [0.25, 0.3) is 11.0 Å². The molecule has 1 fully saturated rings. The number of benzene rings is 1. The van der Waals surface area contributed by atoms with Gasteiger partial charge >= 0.3 is 0 Å². The van der Waals surface area contributed by atoms with Crippen molar-refractivity contribution in [3.63, 3.8) is 0 Å². The third kappa shape index (κ3) is 2.20. The Labute approximate surface area is 102 Å². The van der Waals surface area contributed by atoms with Crippen molar-refractivity contribution >= 4 is 11.0 Å². The van der Waals surface area contributed by atoms with Gasteiger partial charge in [0.15, 0.2) is 0 Å². The molecule has 1 aromatic heterocycles. The van der Waals surface area contributed by atoms with E-state index < -0.39 is 0 Å². The van der Waals surface area contributed by atoms with Crippen molar-refractivity contribution in [2.24, 2.45) is 5.41 Å². The lowest BCUT2D eigenvalue weighted by Gasteiger charge is -2.33. The second-order valence-corrected chi connectivity index (χ2v) is 5.47. The Morgan fingerprint density at radius 3 is 3.00 bits per heavy atom. The standard InChI is InChI=1S/C14H19N3/c1-14(7-4-8-15-10-14)9-13-16-11-5-2-3-6-12(11)17-13/h2-3,5-6,15H,4,7-10H2,1H3,(H,16,17)/t14-/m0/s1. The number of nitrogens with zero attached hydrogens (tertiary/aromatic N) is 1. The molecule has 0 bridgehead atoms. The minimum absolute atomic E-state index is 0.353. The summed E-state index contributed by atoms with van der Waals surface area (Å²) >= 11 is 0. The van der Waals surface area contributed by atoms with Crippen LogP contribution >= 0.6 is 0 Å². The molecule has 3 rings (SSSR count).